The van der Waals surface area contributed by atoms with Gasteiger partial charge in [-0.3, -0.25) is 19.7 Å². The van der Waals surface area contributed by atoms with Crippen molar-refractivity contribution in [2.75, 3.05) is 17.6 Å². The van der Waals surface area contributed by atoms with Crippen LogP contribution in [0.5, 0.6) is 0 Å². The number of rotatable bonds is 11. The van der Waals surface area contributed by atoms with Crippen LogP contribution in [0.2, 0.25) is 0 Å². The second kappa shape index (κ2) is 11.8. The van der Waals surface area contributed by atoms with Crippen molar-refractivity contribution in [2.24, 2.45) is 5.73 Å². The van der Waals surface area contributed by atoms with Crippen LogP contribution in [0.3, 0.4) is 0 Å². The summed E-state index contributed by atoms with van der Waals surface area (Å²) in [5.74, 6) is -0.637. The third-order valence-electron chi connectivity index (χ3n) is 4.15. The smallest absolute Gasteiger partial charge is 0.252 e. The summed E-state index contributed by atoms with van der Waals surface area (Å²) in [5, 5.41) is 5.41. The first-order valence-corrected chi connectivity index (χ1v) is 10.00. The van der Waals surface area contributed by atoms with Crippen LogP contribution in [0.4, 0.5) is 5.95 Å². The van der Waals surface area contributed by atoms with E-state index in [0.29, 0.717) is 18.7 Å². The first kappa shape index (κ1) is 22.4. The maximum absolute atomic E-state index is 12.2. The van der Waals surface area contributed by atoms with Gasteiger partial charge in [-0.1, -0.05) is 36.8 Å². The molecule has 1 aromatic carbocycles. The molecule has 2 rings (SSSR count). The summed E-state index contributed by atoms with van der Waals surface area (Å²) in [5.41, 5.74) is 7.03. The van der Waals surface area contributed by atoms with Gasteiger partial charge in [-0.15, -0.1) is 0 Å². The Morgan fingerprint density at radius 3 is 2.48 bits per heavy atom. The number of unbranched alkanes of at least 4 members (excludes halogenated alkanes) is 2. The number of nitrogens with two attached hydrogens (primary N) is 1. The SMILES string of the molecule is NC(=O)c1cnc(NC(=O)Cc2ccccc2)nc1CCCCCNC(=O)CS. The van der Waals surface area contributed by atoms with E-state index in [2.05, 4.69) is 33.2 Å². The van der Waals surface area contributed by atoms with Gasteiger partial charge in [0.05, 0.1) is 23.4 Å². The Morgan fingerprint density at radius 2 is 1.79 bits per heavy atom. The van der Waals surface area contributed by atoms with Crippen molar-refractivity contribution >= 4 is 36.3 Å². The first-order valence-electron chi connectivity index (χ1n) is 9.36. The van der Waals surface area contributed by atoms with Crippen LogP contribution >= 0.6 is 12.6 Å². The van der Waals surface area contributed by atoms with E-state index < -0.39 is 5.91 Å². The molecule has 1 aromatic heterocycles. The molecule has 1 heterocycles. The summed E-state index contributed by atoms with van der Waals surface area (Å²) in [4.78, 5) is 43.3. The number of anilines is 1. The van der Waals surface area contributed by atoms with E-state index in [1.165, 1.54) is 6.20 Å². The second-order valence-corrected chi connectivity index (χ2v) is 6.76. The van der Waals surface area contributed by atoms with Crippen LogP contribution in [0.1, 0.15) is 40.9 Å². The van der Waals surface area contributed by atoms with Gasteiger partial charge in [0.25, 0.3) is 5.91 Å². The Balaban J connectivity index is 1.91. The Kier molecular flexibility index (Phi) is 9.10. The van der Waals surface area contributed by atoms with Crippen molar-refractivity contribution in [1.82, 2.24) is 15.3 Å². The molecule has 0 radical (unpaired) electrons. The lowest BCUT2D eigenvalue weighted by Gasteiger charge is -2.09. The van der Waals surface area contributed by atoms with E-state index in [9.17, 15) is 14.4 Å². The number of aryl methyl sites for hydroxylation is 1. The molecule has 3 amide bonds. The van der Waals surface area contributed by atoms with Crippen molar-refractivity contribution in [3.63, 3.8) is 0 Å². The number of hydrogen-bond donors (Lipinski definition) is 4. The molecule has 0 saturated heterocycles. The molecule has 4 N–H and O–H groups in total. The van der Waals surface area contributed by atoms with Gasteiger partial charge in [-0.2, -0.15) is 12.6 Å². The predicted molar refractivity (Wildman–Crippen MR) is 114 cm³/mol. The van der Waals surface area contributed by atoms with Gasteiger partial charge in [-0.25, -0.2) is 9.97 Å². The summed E-state index contributed by atoms with van der Waals surface area (Å²) < 4.78 is 0. The molecule has 0 bridgehead atoms. The van der Waals surface area contributed by atoms with Gasteiger partial charge in [0.2, 0.25) is 17.8 Å². The molecular formula is C20H25N5O3S. The fourth-order valence-electron chi connectivity index (χ4n) is 2.70. The highest BCUT2D eigenvalue weighted by atomic mass is 32.1. The number of nitrogens with one attached hydrogen (secondary N) is 2. The molecule has 0 aliphatic rings. The van der Waals surface area contributed by atoms with Crippen molar-refractivity contribution in [3.05, 3.63) is 53.3 Å². The van der Waals surface area contributed by atoms with Crippen molar-refractivity contribution in [1.29, 1.82) is 0 Å². The molecule has 0 saturated carbocycles. The molecule has 0 fully saturated rings. The highest BCUT2D eigenvalue weighted by Gasteiger charge is 2.13. The Morgan fingerprint density at radius 1 is 1.03 bits per heavy atom. The lowest BCUT2D eigenvalue weighted by Crippen LogP contribution is -2.25. The summed E-state index contributed by atoms with van der Waals surface area (Å²) >= 11 is 3.90. The van der Waals surface area contributed by atoms with Gasteiger partial charge in [0, 0.05) is 12.7 Å². The van der Waals surface area contributed by atoms with Gasteiger partial charge in [-0.05, 0) is 24.8 Å². The van der Waals surface area contributed by atoms with Crippen molar-refractivity contribution in [3.8, 4) is 0 Å². The van der Waals surface area contributed by atoms with Crippen molar-refractivity contribution in [2.45, 2.75) is 32.1 Å². The molecule has 8 nitrogen and oxygen atoms in total. The van der Waals surface area contributed by atoms with Crippen LogP contribution < -0.4 is 16.4 Å². The van der Waals surface area contributed by atoms with E-state index in [4.69, 9.17) is 5.73 Å². The summed E-state index contributed by atoms with van der Waals surface area (Å²) in [6.07, 6.45) is 4.46. The van der Waals surface area contributed by atoms with Crippen LogP contribution in [0.15, 0.2) is 36.5 Å². The van der Waals surface area contributed by atoms with Gasteiger partial charge >= 0.3 is 0 Å². The van der Waals surface area contributed by atoms with Gasteiger partial charge in [0.1, 0.15) is 0 Å². The molecule has 29 heavy (non-hydrogen) atoms. The molecule has 0 aliphatic carbocycles. The molecule has 0 unspecified atom stereocenters. The monoisotopic (exact) mass is 415 g/mol. The van der Waals surface area contributed by atoms with E-state index >= 15 is 0 Å². The summed E-state index contributed by atoms with van der Waals surface area (Å²) in [6, 6.07) is 9.33. The molecule has 154 valence electrons. The second-order valence-electron chi connectivity index (χ2n) is 6.45. The fraction of sp³-hybridized carbons (Fsp3) is 0.350. The van der Waals surface area contributed by atoms with Crippen molar-refractivity contribution < 1.29 is 14.4 Å². The fourth-order valence-corrected chi connectivity index (χ4v) is 2.81. The Hall–Kier alpha value is -2.94. The number of thiol groups is 1. The highest BCUT2D eigenvalue weighted by Crippen LogP contribution is 2.12. The third-order valence-corrected chi connectivity index (χ3v) is 4.44. The standard InChI is InChI=1S/C20H25N5O3S/c21-19(28)15-12-23-20(25-17(26)11-14-7-3-1-4-8-14)24-16(15)9-5-2-6-10-22-18(27)13-29/h1,3-4,7-8,12,29H,2,5-6,9-11,13H2,(H2,21,28)(H,22,27)(H,23,24,25,26). The van der Waals surface area contributed by atoms with Crippen LogP contribution in [-0.2, 0) is 22.4 Å². The number of nitrogens with zero attached hydrogens (tertiary/aromatic N) is 2. The van der Waals surface area contributed by atoms with Gasteiger partial charge in [0.15, 0.2) is 0 Å². The molecule has 9 heteroatoms. The minimum Gasteiger partial charge on any atom is -0.365 e. The first-order chi connectivity index (χ1) is 14.0. The van der Waals surface area contributed by atoms with Crippen LogP contribution in [-0.4, -0.2) is 40.0 Å². The summed E-state index contributed by atoms with van der Waals surface area (Å²) in [7, 11) is 0. The highest BCUT2D eigenvalue weighted by molar-refractivity contribution is 7.81. The largest absolute Gasteiger partial charge is 0.365 e. The minimum absolute atomic E-state index is 0.101. The molecule has 0 spiro atoms. The summed E-state index contributed by atoms with van der Waals surface area (Å²) in [6.45, 7) is 0.576. The minimum atomic E-state index is -0.608. The van der Waals surface area contributed by atoms with E-state index in [1.54, 1.807) is 0 Å². The van der Waals surface area contributed by atoms with Crippen LogP contribution in [0, 0.1) is 0 Å². The average molecular weight is 416 g/mol. The van der Waals surface area contributed by atoms with E-state index in [0.717, 1.165) is 24.8 Å². The number of carbonyl (C=O) groups excluding carboxylic acids is 3. The number of amides is 3. The number of carbonyl (C=O) groups is 3. The quantitative estimate of drug-likeness (QED) is 0.327. The maximum Gasteiger partial charge on any atom is 0.252 e. The molecule has 0 atom stereocenters. The zero-order valence-corrected chi connectivity index (χ0v) is 17.0. The molecule has 2 aromatic rings. The zero-order valence-electron chi connectivity index (χ0n) is 16.1. The van der Waals surface area contributed by atoms with E-state index in [-0.39, 0.29) is 35.5 Å². The zero-order chi connectivity index (χ0) is 21.1. The Bertz CT molecular complexity index is 845. The Labute approximate surface area is 175 Å². The number of benzene rings is 1. The van der Waals surface area contributed by atoms with Gasteiger partial charge < -0.3 is 11.1 Å². The lowest BCUT2D eigenvalue weighted by atomic mass is 10.1. The predicted octanol–water partition coefficient (Wildman–Crippen LogP) is 1.52. The molecule has 0 aliphatic heterocycles. The maximum atomic E-state index is 12.2. The van der Waals surface area contributed by atoms with E-state index in [1.807, 2.05) is 30.3 Å². The molecular weight excluding hydrogens is 390 g/mol. The topological polar surface area (TPSA) is 127 Å². The average Bonchev–Trinajstić information content (AvgIpc) is 2.70. The lowest BCUT2D eigenvalue weighted by molar-refractivity contribution is -0.118. The third kappa shape index (κ3) is 7.90. The number of hydrogen-bond acceptors (Lipinski definition) is 6. The number of primary amides is 1. The van der Waals surface area contributed by atoms with Crippen LogP contribution in [0.25, 0.3) is 0 Å². The normalized spacial score (nSPS) is 10.4. The number of aromatic nitrogens is 2.